The van der Waals surface area contributed by atoms with Crippen LogP contribution in [0.25, 0.3) is 0 Å². The summed E-state index contributed by atoms with van der Waals surface area (Å²) in [6.45, 7) is 4.50. The molecule has 0 fully saturated rings. The zero-order valence-electron chi connectivity index (χ0n) is 14.6. The zero-order valence-corrected chi connectivity index (χ0v) is 16.2. The number of nitriles is 1. The molecular weight excluding hydrogens is 308 g/mol. The van der Waals surface area contributed by atoms with Crippen LogP contribution in [-0.4, -0.2) is 15.9 Å². The molecule has 0 aliphatic carbocycles. The Morgan fingerprint density at radius 3 is 1.55 bits per heavy atom. The highest BCUT2D eigenvalue weighted by molar-refractivity contribution is 8.38. The largest absolute Gasteiger partial charge is 0.207 e. The number of hydrogen-bond acceptors (Lipinski definition) is 4. The van der Waals surface area contributed by atoms with Crippen LogP contribution in [0.4, 0.5) is 0 Å². The van der Waals surface area contributed by atoms with Crippen molar-refractivity contribution in [3.8, 4) is 6.19 Å². The Balaban J connectivity index is 3.54. The number of hydrogen-bond donors (Lipinski definition) is 0. The molecule has 0 aliphatic heterocycles. The number of unbranched alkanes of at least 4 members (excludes halogenated alkanes) is 10. The third-order valence-corrected chi connectivity index (χ3v) is 5.96. The van der Waals surface area contributed by atoms with Crippen LogP contribution >= 0.6 is 23.5 Å². The molecule has 0 radical (unpaired) electrons. The Morgan fingerprint density at radius 2 is 1.14 bits per heavy atom. The summed E-state index contributed by atoms with van der Waals surface area (Å²) in [7, 11) is 0. The summed E-state index contributed by atoms with van der Waals surface area (Å²) in [5.41, 5.74) is 0. The van der Waals surface area contributed by atoms with E-state index in [1.165, 1.54) is 77.0 Å². The summed E-state index contributed by atoms with van der Waals surface area (Å²) >= 11 is 3.54. The van der Waals surface area contributed by atoms with Gasteiger partial charge < -0.3 is 0 Å². The molecule has 0 N–H and O–H groups in total. The van der Waals surface area contributed by atoms with E-state index in [0.29, 0.717) is 0 Å². The van der Waals surface area contributed by atoms with Gasteiger partial charge in [0.1, 0.15) is 4.38 Å². The first-order valence-electron chi connectivity index (χ1n) is 9.07. The molecule has 0 amide bonds. The van der Waals surface area contributed by atoms with Gasteiger partial charge in [0.25, 0.3) is 0 Å². The van der Waals surface area contributed by atoms with Gasteiger partial charge in [0.2, 0.25) is 6.19 Å². The second-order valence-electron chi connectivity index (χ2n) is 5.71. The van der Waals surface area contributed by atoms with Crippen LogP contribution in [0.2, 0.25) is 0 Å². The van der Waals surface area contributed by atoms with Crippen molar-refractivity contribution in [2.75, 3.05) is 11.5 Å². The van der Waals surface area contributed by atoms with E-state index >= 15 is 0 Å². The Labute approximate surface area is 146 Å². The van der Waals surface area contributed by atoms with Crippen molar-refractivity contribution in [1.82, 2.24) is 0 Å². The van der Waals surface area contributed by atoms with Crippen molar-refractivity contribution < 1.29 is 0 Å². The van der Waals surface area contributed by atoms with E-state index in [4.69, 9.17) is 5.26 Å². The maximum Gasteiger partial charge on any atom is 0.207 e. The molecule has 0 saturated heterocycles. The molecule has 0 aliphatic rings. The lowest BCUT2D eigenvalue weighted by molar-refractivity contribution is 0.627. The van der Waals surface area contributed by atoms with Crippen LogP contribution in [0, 0.1) is 11.5 Å². The first-order chi connectivity index (χ1) is 10.8. The SMILES string of the molecule is CCCCCCCCSC(=NC#N)SCCCCCCCC. The average Bonchev–Trinajstić information content (AvgIpc) is 2.53. The fraction of sp³-hybridized carbons (Fsp3) is 0.889. The first-order valence-corrected chi connectivity index (χ1v) is 11.0. The van der Waals surface area contributed by atoms with Crippen molar-refractivity contribution in [2.24, 2.45) is 4.99 Å². The lowest BCUT2D eigenvalue weighted by Crippen LogP contribution is -1.92. The molecule has 4 heteroatoms. The van der Waals surface area contributed by atoms with E-state index in [1.54, 1.807) is 23.5 Å². The second-order valence-corrected chi connectivity index (χ2v) is 8.14. The molecule has 0 aromatic carbocycles. The standard InChI is InChI=1S/C18H34N2S2/c1-3-5-7-9-11-13-15-21-18(20-17-19)22-16-14-12-10-8-6-4-2/h3-16H2,1-2H3. The van der Waals surface area contributed by atoms with Crippen LogP contribution in [-0.2, 0) is 0 Å². The molecule has 0 aromatic rings. The average molecular weight is 343 g/mol. The van der Waals surface area contributed by atoms with Gasteiger partial charge in [-0.05, 0) is 12.8 Å². The lowest BCUT2D eigenvalue weighted by Gasteiger charge is -2.05. The molecule has 2 nitrogen and oxygen atoms in total. The molecular formula is C18H34N2S2. The van der Waals surface area contributed by atoms with Crippen LogP contribution in [0.3, 0.4) is 0 Å². The van der Waals surface area contributed by atoms with Gasteiger partial charge in [-0.1, -0.05) is 102 Å². The summed E-state index contributed by atoms with van der Waals surface area (Å²) in [6, 6.07) is 0. The summed E-state index contributed by atoms with van der Waals surface area (Å²) in [5.74, 6) is 2.21. The lowest BCUT2D eigenvalue weighted by atomic mass is 10.1. The van der Waals surface area contributed by atoms with Gasteiger partial charge in [-0.25, -0.2) is 0 Å². The maximum absolute atomic E-state index is 8.77. The van der Waals surface area contributed by atoms with Crippen molar-refractivity contribution in [3.05, 3.63) is 0 Å². The second kappa shape index (κ2) is 18.9. The topological polar surface area (TPSA) is 36.1 Å². The van der Waals surface area contributed by atoms with Crippen molar-refractivity contribution in [3.63, 3.8) is 0 Å². The molecule has 0 aromatic heterocycles. The first kappa shape index (κ1) is 21.9. The Hall–Kier alpha value is -0.140. The van der Waals surface area contributed by atoms with Gasteiger partial charge in [-0.3, -0.25) is 0 Å². The molecule has 0 saturated carbocycles. The van der Waals surface area contributed by atoms with E-state index in [-0.39, 0.29) is 0 Å². The minimum absolute atomic E-state index is 0.976. The van der Waals surface area contributed by atoms with Crippen molar-refractivity contribution >= 4 is 27.9 Å². The van der Waals surface area contributed by atoms with Gasteiger partial charge in [0.15, 0.2) is 0 Å². The van der Waals surface area contributed by atoms with E-state index in [0.717, 1.165) is 15.9 Å². The molecule has 0 atom stereocenters. The van der Waals surface area contributed by atoms with Gasteiger partial charge in [-0.15, -0.1) is 0 Å². The zero-order chi connectivity index (χ0) is 16.3. The van der Waals surface area contributed by atoms with Crippen molar-refractivity contribution in [1.29, 1.82) is 5.26 Å². The third kappa shape index (κ3) is 16.2. The minimum atomic E-state index is 0.976. The number of thioether (sulfide) groups is 2. The third-order valence-electron chi connectivity index (χ3n) is 3.59. The van der Waals surface area contributed by atoms with Gasteiger partial charge in [-0.2, -0.15) is 10.3 Å². The quantitative estimate of drug-likeness (QED) is 0.147. The summed E-state index contributed by atoms with van der Waals surface area (Å²) in [5, 5.41) is 8.77. The van der Waals surface area contributed by atoms with Crippen LogP contribution in [0.5, 0.6) is 0 Å². The monoisotopic (exact) mass is 342 g/mol. The molecule has 0 bridgehead atoms. The Bertz CT molecular complexity index is 278. The highest BCUT2D eigenvalue weighted by atomic mass is 32.2. The van der Waals surface area contributed by atoms with Crippen molar-refractivity contribution in [2.45, 2.75) is 90.9 Å². The van der Waals surface area contributed by atoms with E-state index in [2.05, 4.69) is 18.8 Å². The molecule has 0 unspecified atom stereocenters. The number of aliphatic imine (C=N–C) groups is 1. The van der Waals surface area contributed by atoms with Gasteiger partial charge in [0, 0.05) is 11.5 Å². The Kier molecular flexibility index (Phi) is 18.8. The highest BCUT2D eigenvalue weighted by Crippen LogP contribution is 2.21. The number of rotatable bonds is 14. The normalized spacial score (nSPS) is 10.4. The smallest absolute Gasteiger partial charge is 0.170 e. The number of nitrogens with zero attached hydrogens (tertiary/aromatic N) is 2. The fourth-order valence-corrected chi connectivity index (χ4v) is 4.32. The molecule has 0 rings (SSSR count). The predicted molar refractivity (Wildman–Crippen MR) is 105 cm³/mol. The van der Waals surface area contributed by atoms with Crippen LogP contribution in [0.1, 0.15) is 90.9 Å². The highest BCUT2D eigenvalue weighted by Gasteiger charge is 2.02. The molecule has 0 spiro atoms. The predicted octanol–water partition coefficient (Wildman–Crippen LogP) is 7.01. The Morgan fingerprint density at radius 1 is 0.727 bits per heavy atom. The summed E-state index contributed by atoms with van der Waals surface area (Å²) in [6.07, 6.45) is 17.9. The van der Waals surface area contributed by atoms with E-state index in [9.17, 15) is 0 Å². The van der Waals surface area contributed by atoms with Gasteiger partial charge in [0.05, 0.1) is 0 Å². The summed E-state index contributed by atoms with van der Waals surface area (Å²) < 4.78 is 0.976. The minimum Gasteiger partial charge on any atom is -0.170 e. The molecule has 0 heterocycles. The van der Waals surface area contributed by atoms with Crippen LogP contribution in [0.15, 0.2) is 4.99 Å². The maximum atomic E-state index is 8.77. The van der Waals surface area contributed by atoms with Crippen LogP contribution < -0.4 is 0 Å². The van der Waals surface area contributed by atoms with E-state index < -0.39 is 0 Å². The van der Waals surface area contributed by atoms with E-state index in [1.807, 2.05) is 6.19 Å². The van der Waals surface area contributed by atoms with Gasteiger partial charge >= 0.3 is 0 Å². The summed E-state index contributed by atoms with van der Waals surface area (Å²) in [4.78, 5) is 3.97. The fourth-order valence-electron chi connectivity index (χ4n) is 2.23. The molecule has 22 heavy (non-hydrogen) atoms. The molecule has 128 valence electrons.